The van der Waals surface area contributed by atoms with E-state index in [-0.39, 0.29) is 11.4 Å². The Labute approximate surface area is 153 Å². The van der Waals surface area contributed by atoms with E-state index in [1.165, 1.54) is 0 Å². The van der Waals surface area contributed by atoms with E-state index in [2.05, 4.69) is 14.8 Å². The van der Waals surface area contributed by atoms with Gasteiger partial charge in [0.1, 0.15) is 0 Å². The summed E-state index contributed by atoms with van der Waals surface area (Å²) in [5.41, 5.74) is 1.21. The van der Waals surface area contributed by atoms with Crippen molar-refractivity contribution in [2.45, 2.75) is 17.6 Å². The molecule has 0 aliphatic carbocycles. The first kappa shape index (κ1) is 19.1. The summed E-state index contributed by atoms with van der Waals surface area (Å²) in [7, 11) is -2.24. The lowest BCUT2D eigenvalue weighted by Gasteiger charge is -2.08. The van der Waals surface area contributed by atoms with Crippen LogP contribution in [-0.2, 0) is 29.8 Å². The molecule has 0 amide bonds. The van der Waals surface area contributed by atoms with E-state index in [9.17, 15) is 21.6 Å². The van der Waals surface area contributed by atoms with Gasteiger partial charge in [0.05, 0.1) is 28.4 Å². The van der Waals surface area contributed by atoms with Crippen molar-refractivity contribution in [3.63, 3.8) is 0 Å². The summed E-state index contributed by atoms with van der Waals surface area (Å²) in [6.07, 6.45) is -1.25. The lowest BCUT2D eigenvalue weighted by atomic mass is 10.2. The molecule has 0 saturated carbocycles. The Kier molecular flexibility index (Phi) is 5.03. The molecule has 1 aromatic carbocycles. The lowest BCUT2D eigenvalue weighted by molar-refractivity contribution is -0.137. The number of nitrogens with zero attached hydrogens (tertiary/aromatic N) is 3. The summed E-state index contributed by atoms with van der Waals surface area (Å²) in [6, 6.07) is 8.64. The molecule has 1 N–H and O–H groups in total. The predicted octanol–water partition coefficient (Wildman–Crippen LogP) is 2.98. The fraction of sp³-hybridized carbons (Fsp3) is 0.176. The van der Waals surface area contributed by atoms with Crippen molar-refractivity contribution in [1.29, 1.82) is 0 Å². The monoisotopic (exact) mass is 396 g/mol. The van der Waals surface area contributed by atoms with Crippen molar-refractivity contribution in [2.75, 3.05) is 0 Å². The van der Waals surface area contributed by atoms with Gasteiger partial charge in [-0.05, 0) is 42.5 Å². The van der Waals surface area contributed by atoms with E-state index < -0.39 is 21.8 Å². The van der Waals surface area contributed by atoms with Gasteiger partial charge in [0.2, 0.25) is 10.0 Å². The molecule has 0 saturated heterocycles. The molecule has 0 spiro atoms. The van der Waals surface area contributed by atoms with Crippen LogP contribution >= 0.6 is 0 Å². The molecule has 3 rings (SSSR count). The van der Waals surface area contributed by atoms with Crippen LogP contribution in [0.1, 0.15) is 11.3 Å². The smallest absolute Gasteiger partial charge is 0.268 e. The number of halogens is 3. The maximum absolute atomic E-state index is 12.6. The van der Waals surface area contributed by atoms with Crippen molar-refractivity contribution in [3.8, 4) is 11.3 Å². The molecular weight excluding hydrogens is 381 g/mol. The number of aryl methyl sites for hydroxylation is 1. The van der Waals surface area contributed by atoms with E-state index in [4.69, 9.17) is 0 Å². The van der Waals surface area contributed by atoms with Gasteiger partial charge in [0.25, 0.3) is 0 Å². The molecule has 2 heterocycles. The van der Waals surface area contributed by atoms with Crippen LogP contribution in [0, 0.1) is 0 Å². The van der Waals surface area contributed by atoms with Crippen molar-refractivity contribution in [3.05, 3.63) is 66.1 Å². The molecule has 27 heavy (non-hydrogen) atoms. The van der Waals surface area contributed by atoms with Crippen LogP contribution in [0.2, 0.25) is 0 Å². The third-order valence-electron chi connectivity index (χ3n) is 3.84. The summed E-state index contributed by atoms with van der Waals surface area (Å²) in [4.78, 5) is 3.69. The molecule has 0 unspecified atom stereocenters. The number of nitrogens with one attached hydrogen (secondary N) is 1. The molecule has 6 nitrogen and oxygen atoms in total. The standard InChI is InChI=1S/C17H15F3N4O2S/c1-24-16(12-6-8-21-9-7-12)10-14(23-24)11-22-27(25,26)15-4-2-13(3-5-15)17(18,19)20/h2-10,22H,11H2,1H3. The zero-order valence-electron chi connectivity index (χ0n) is 14.1. The highest BCUT2D eigenvalue weighted by Gasteiger charge is 2.30. The Bertz CT molecular complexity index is 1030. The van der Waals surface area contributed by atoms with Gasteiger partial charge in [-0.3, -0.25) is 9.67 Å². The minimum absolute atomic E-state index is 0.0950. The first-order valence-electron chi connectivity index (χ1n) is 7.77. The summed E-state index contributed by atoms with van der Waals surface area (Å²) in [5.74, 6) is 0. The molecule has 2 aromatic heterocycles. The normalized spacial score (nSPS) is 12.3. The first-order valence-corrected chi connectivity index (χ1v) is 9.25. The number of benzene rings is 1. The minimum atomic E-state index is -4.52. The Balaban J connectivity index is 1.74. The average molecular weight is 396 g/mol. The molecule has 0 atom stereocenters. The Morgan fingerprint density at radius 1 is 1.07 bits per heavy atom. The summed E-state index contributed by atoms with van der Waals surface area (Å²) in [5, 5.41) is 4.25. The van der Waals surface area contributed by atoms with Crippen LogP contribution in [-0.4, -0.2) is 23.2 Å². The van der Waals surface area contributed by atoms with Crippen LogP contribution in [0.15, 0.2) is 59.8 Å². The zero-order valence-corrected chi connectivity index (χ0v) is 14.9. The number of alkyl halides is 3. The van der Waals surface area contributed by atoms with E-state index in [0.717, 1.165) is 35.5 Å². The summed E-state index contributed by atoms with van der Waals surface area (Å²) >= 11 is 0. The predicted molar refractivity (Wildman–Crippen MR) is 91.9 cm³/mol. The molecule has 0 fully saturated rings. The van der Waals surface area contributed by atoms with Crippen LogP contribution in [0.5, 0.6) is 0 Å². The minimum Gasteiger partial charge on any atom is -0.268 e. The highest BCUT2D eigenvalue weighted by Crippen LogP contribution is 2.29. The molecular formula is C17H15F3N4O2S. The second-order valence-corrected chi connectivity index (χ2v) is 7.49. The van der Waals surface area contributed by atoms with Crippen molar-refractivity contribution >= 4 is 10.0 Å². The summed E-state index contributed by atoms with van der Waals surface area (Å²) in [6.45, 7) is -0.0950. The number of sulfonamides is 1. The van der Waals surface area contributed by atoms with Gasteiger partial charge in [0.15, 0.2) is 0 Å². The van der Waals surface area contributed by atoms with Crippen molar-refractivity contribution in [1.82, 2.24) is 19.5 Å². The maximum atomic E-state index is 12.6. The fourth-order valence-corrected chi connectivity index (χ4v) is 3.48. The molecule has 3 aromatic rings. The number of pyridine rings is 1. The van der Waals surface area contributed by atoms with E-state index in [0.29, 0.717) is 5.69 Å². The van der Waals surface area contributed by atoms with Crippen molar-refractivity contribution < 1.29 is 21.6 Å². The highest BCUT2D eigenvalue weighted by molar-refractivity contribution is 7.89. The average Bonchev–Trinajstić information content (AvgIpc) is 3.01. The lowest BCUT2D eigenvalue weighted by Crippen LogP contribution is -2.23. The fourth-order valence-electron chi connectivity index (χ4n) is 2.48. The van der Waals surface area contributed by atoms with Crippen molar-refractivity contribution in [2.24, 2.45) is 7.05 Å². The number of hydrogen-bond acceptors (Lipinski definition) is 4. The van der Waals surface area contributed by atoms with Crippen LogP contribution in [0.25, 0.3) is 11.3 Å². The van der Waals surface area contributed by atoms with Gasteiger partial charge < -0.3 is 0 Å². The van der Waals surface area contributed by atoms with Gasteiger partial charge in [-0.1, -0.05) is 0 Å². The van der Waals surface area contributed by atoms with E-state index in [1.807, 2.05) is 0 Å². The molecule has 0 aliphatic rings. The van der Waals surface area contributed by atoms with Crippen LogP contribution in [0.3, 0.4) is 0 Å². The first-order chi connectivity index (χ1) is 12.7. The third kappa shape index (κ3) is 4.34. The SMILES string of the molecule is Cn1nc(CNS(=O)(=O)c2ccc(C(F)(F)F)cc2)cc1-c1ccncc1. The molecule has 10 heteroatoms. The van der Waals surface area contributed by atoms with Gasteiger partial charge in [0, 0.05) is 25.0 Å². The second-order valence-electron chi connectivity index (χ2n) is 5.73. The quantitative estimate of drug-likeness (QED) is 0.719. The van der Waals surface area contributed by atoms with Gasteiger partial charge in [-0.2, -0.15) is 18.3 Å². The van der Waals surface area contributed by atoms with Crippen LogP contribution in [0.4, 0.5) is 13.2 Å². The number of aromatic nitrogens is 3. The Morgan fingerprint density at radius 3 is 2.30 bits per heavy atom. The maximum Gasteiger partial charge on any atom is 0.416 e. The second kappa shape index (κ2) is 7.12. The molecule has 0 bridgehead atoms. The molecule has 142 valence electrons. The number of hydrogen-bond donors (Lipinski definition) is 1. The number of rotatable bonds is 5. The van der Waals surface area contributed by atoms with Gasteiger partial charge in [-0.15, -0.1) is 0 Å². The summed E-state index contributed by atoms with van der Waals surface area (Å²) < 4.78 is 66.3. The van der Waals surface area contributed by atoms with Crippen LogP contribution < -0.4 is 4.72 Å². The molecule has 0 aliphatic heterocycles. The van der Waals surface area contributed by atoms with E-state index >= 15 is 0 Å². The third-order valence-corrected chi connectivity index (χ3v) is 5.26. The largest absolute Gasteiger partial charge is 0.416 e. The van der Waals surface area contributed by atoms with Gasteiger partial charge >= 0.3 is 6.18 Å². The Hall–Kier alpha value is -2.72. The molecule has 0 radical (unpaired) electrons. The zero-order chi connectivity index (χ0) is 19.7. The van der Waals surface area contributed by atoms with Gasteiger partial charge in [-0.25, -0.2) is 13.1 Å². The highest BCUT2D eigenvalue weighted by atomic mass is 32.2. The Morgan fingerprint density at radius 2 is 1.70 bits per heavy atom. The van der Waals surface area contributed by atoms with E-state index in [1.54, 1.807) is 42.3 Å². The topological polar surface area (TPSA) is 76.9 Å².